The Bertz CT molecular complexity index is 784. The van der Waals surface area contributed by atoms with E-state index >= 15 is 0 Å². The third kappa shape index (κ3) is 4.85. The first-order valence-electron chi connectivity index (χ1n) is 9.07. The summed E-state index contributed by atoms with van der Waals surface area (Å²) in [6.45, 7) is 7.22. The number of nitrogens with one attached hydrogen (secondary N) is 2. The second-order valence-corrected chi connectivity index (χ2v) is 7.77. The van der Waals surface area contributed by atoms with Crippen LogP contribution in [0.4, 0.5) is 0 Å². The van der Waals surface area contributed by atoms with Gasteiger partial charge in [-0.25, -0.2) is 4.99 Å². The number of carbonyl (C=O) groups excluding carboxylic acids is 1. The lowest BCUT2D eigenvalue weighted by atomic mass is 10.00. The number of aryl methyl sites for hydroxylation is 1. The minimum Gasteiger partial charge on any atom is -0.357 e. The molecule has 0 fully saturated rings. The molecule has 0 aliphatic carbocycles. The van der Waals surface area contributed by atoms with Gasteiger partial charge in [0.2, 0.25) is 5.91 Å². The highest BCUT2D eigenvalue weighted by atomic mass is 32.1. The van der Waals surface area contributed by atoms with Crippen LogP contribution in [0.2, 0.25) is 0 Å². The Morgan fingerprint density at radius 3 is 2.73 bits per heavy atom. The Morgan fingerprint density at radius 1 is 1.19 bits per heavy atom. The van der Waals surface area contributed by atoms with Crippen LogP contribution < -0.4 is 10.6 Å². The quantitative estimate of drug-likeness (QED) is 0.628. The second-order valence-electron chi connectivity index (χ2n) is 6.40. The third-order valence-corrected chi connectivity index (χ3v) is 5.43. The van der Waals surface area contributed by atoms with E-state index in [2.05, 4.69) is 52.9 Å². The molecule has 0 atom stereocenters. The number of amides is 1. The van der Waals surface area contributed by atoms with Crippen LogP contribution in [0.1, 0.15) is 27.8 Å². The van der Waals surface area contributed by atoms with E-state index in [1.54, 1.807) is 11.3 Å². The van der Waals surface area contributed by atoms with E-state index in [-0.39, 0.29) is 12.5 Å². The normalized spacial score (nSPS) is 14.1. The fraction of sp³-hybridized carbons (Fsp3) is 0.400. The van der Waals surface area contributed by atoms with Gasteiger partial charge in [0.25, 0.3) is 0 Å². The van der Waals surface area contributed by atoms with Crippen molar-refractivity contribution in [1.82, 2.24) is 15.5 Å². The average Bonchev–Trinajstić information content (AvgIpc) is 3.08. The van der Waals surface area contributed by atoms with E-state index in [4.69, 9.17) is 0 Å². The van der Waals surface area contributed by atoms with Gasteiger partial charge in [-0.1, -0.05) is 24.3 Å². The Kier molecular flexibility index (Phi) is 6.28. The van der Waals surface area contributed by atoms with Crippen LogP contribution in [-0.2, 0) is 24.3 Å². The zero-order valence-corrected chi connectivity index (χ0v) is 16.2. The van der Waals surface area contributed by atoms with E-state index in [1.807, 2.05) is 17.9 Å². The number of aliphatic imine (C=N–C) groups is 1. The highest BCUT2D eigenvalue weighted by molar-refractivity contribution is 7.11. The molecule has 0 spiro atoms. The van der Waals surface area contributed by atoms with Crippen LogP contribution >= 0.6 is 11.3 Å². The largest absolute Gasteiger partial charge is 0.357 e. The lowest BCUT2D eigenvalue weighted by molar-refractivity contribution is -0.130. The summed E-state index contributed by atoms with van der Waals surface area (Å²) in [5.41, 5.74) is 2.59. The van der Waals surface area contributed by atoms with Crippen molar-refractivity contribution < 1.29 is 4.79 Å². The summed E-state index contributed by atoms with van der Waals surface area (Å²) >= 11 is 1.77. The van der Waals surface area contributed by atoms with Gasteiger partial charge >= 0.3 is 0 Å². The molecule has 138 valence electrons. The van der Waals surface area contributed by atoms with Crippen LogP contribution in [0.3, 0.4) is 0 Å². The highest BCUT2D eigenvalue weighted by Crippen LogP contribution is 2.18. The van der Waals surface area contributed by atoms with Crippen LogP contribution in [0.15, 0.2) is 41.4 Å². The molecule has 26 heavy (non-hydrogen) atoms. The lowest BCUT2D eigenvalue weighted by Gasteiger charge is -2.28. The van der Waals surface area contributed by atoms with Gasteiger partial charge < -0.3 is 15.5 Å². The maximum absolute atomic E-state index is 12.6. The molecule has 2 N–H and O–H groups in total. The van der Waals surface area contributed by atoms with Crippen molar-refractivity contribution in [1.29, 1.82) is 0 Å². The van der Waals surface area contributed by atoms with Gasteiger partial charge in [-0.05, 0) is 43.5 Å². The van der Waals surface area contributed by atoms with Crippen molar-refractivity contribution in [3.8, 4) is 0 Å². The van der Waals surface area contributed by atoms with Crippen molar-refractivity contribution in [2.24, 2.45) is 4.99 Å². The standard InChI is InChI=1S/C20H26N4OS/c1-3-21-20(22-12-18-9-8-15(2)26-18)23-13-19(25)24-11-10-16-6-4-5-7-17(16)14-24/h4-9H,3,10-14H2,1-2H3,(H2,21,22,23). The van der Waals surface area contributed by atoms with Gasteiger partial charge in [0.15, 0.2) is 5.96 Å². The molecule has 1 aliphatic heterocycles. The first-order chi connectivity index (χ1) is 12.7. The maximum atomic E-state index is 12.6. The summed E-state index contributed by atoms with van der Waals surface area (Å²) in [7, 11) is 0. The van der Waals surface area contributed by atoms with Crippen molar-refractivity contribution in [3.63, 3.8) is 0 Å². The number of hydrogen-bond donors (Lipinski definition) is 2. The third-order valence-electron chi connectivity index (χ3n) is 4.43. The minimum atomic E-state index is 0.0728. The fourth-order valence-electron chi connectivity index (χ4n) is 3.05. The second kappa shape index (κ2) is 8.85. The SMILES string of the molecule is CCNC(=NCC(=O)N1CCc2ccccc2C1)NCc1ccc(C)s1. The molecule has 3 rings (SSSR count). The molecule has 1 aromatic carbocycles. The van der Waals surface area contributed by atoms with Crippen LogP contribution in [0.5, 0.6) is 0 Å². The van der Waals surface area contributed by atoms with Gasteiger partial charge in [-0.15, -0.1) is 11.3 Å². The summed E-state index contributed by atoms with van der Waals surface area (Å²) in [4.78, 5) is 21.5. The molecule has 2 aromatic rings. The first kappa shape index (κ1) is 18.5. The number of guanidine groups is 1. The number of thiophene rings is 1. The highest BCUT2D eigenvalue weighted by Gasteiger charge is 2.19. The van der Waals surface area contributed by atoms with Crippen molar-refractivity contribution >= 4 is 23.2 Å². The molecule has 1 aromatic heterocycles. The lowest BCUT2D eigenvalue weighted by Crippen LogP contribution is -2.40. The van der Waals surface area contributed by atoms with Crippen LogP contribution in [-0.4, -0.2) is 36.4 Å². The van der Waals surface area contributed by atoms with E-state index in [9.17, 15) is 4.79 Å². The van der Waals surface area contributed by atoms with Crippen LogP contribution in [0, 0.1) is 6.92 Å². The first-order valence-corrected chi connectivity index (χ1v) is 9.89. The molecule has 1 aliphatic rings. The van der Waals surface area contributed by atoms with E-state index in [1.165, 1.54) is 20.9 Å². The average molecular weight is 371 g/mol. The summed E-state index contributed by atoms with van der Waals surface area (Å²) in [6.07, 6.45) is 0.918. The van der Waals surface area contributed by atoms with Gasteiger partial charge in [0.05, 0.1) is 6.54 Å². The summed E-state index contributed by atoms with van der Waals surface area (Å²) in [5, 5.41) is 6.51. The Balaban J connectivity index is 1.56. The van der Waals surface area contributed by atoms with Gasteiger partial charge in [-0.3, -0.25) is 4.79 Å². The molecule has 2 heterocycles. The molecule has 1 amide bonds. The molecule has 0 saturated heterocycles. The zero-order valence-electron chi connectivity index (χ0n) is 15.4. The molecular weight excluding hydrogens is 344 g/mol. The smallest absolute Gasteiger partial charge is 0.244 e. The molecule has 0 saturated carbocycles. The molecule has 0 radical (unpaired) electrons. The summed E-state index contributed by atoms with van der Waals surface area (Å²) in [6, 6.07) is 12.6. The topological polar surface area (TPSA) is 56.7 Å². The fourth-order valence-corrected chi connectivity index (χ4v) is 3.88. The maximum Gasteiger partial charge on any atom is 0.244 e. The number of fused-ring (bicyclic) bond motifs is 1. The van der Waals surface area contributed by atoms with Gasteiger partial charge in [-0.2, -0.15) is 0 Å². The monoisotopic (exact) mass is 370 g/mol. The Morgan fingerprint density at radius 2 is 2.00 bits per heavy atom. The summed E-state index contributed by atoms with van der Waals surface area (Å²) in [5.74, 6) is 0.757. The van der Waals surface area contributed by atoms with E-state index < -0.39 is 0 Å². The van der Waals surface area contributed by atoms with E-state index in [0.717, 1.165) is 26.1 Å². The summed E-state index contributed by atoms with van der Waals surface area (Å²) < 4.78 is 0. The molecule has 0 bridgehead atoms. The number of rotatable bonds is 5. The van der Waals surface area contributed by atoms with Crippen molar-refractivity contribution in [2.45, 2.75) is 33.4 Å². The van der Waals surface area contributed by atoms with Crippen LogP contribution in [0.25, 0.3) is 0 Å². The van der Waals surface area contributed by atoms with Gasteiger partial charge in [0, 0.05) is 29.4 Å². The number of hydrogen-bond acceptors (Lipinski definition) is 3. The number of benzene rings is 1. The van der Waals surface area contributed by atoms with Crippen molar-refractivity contribution in [2.75, 3.05) is 19.6 Å². The molecule has 5 nitrogen and oxygen atoms in total. The van der Waals surface area contributed by atoms with Crippen molar-refractivity contribution in [3.05, 3.63) is 57.3 Å². The number of carbonyl (C=O) groups is 1. The zero-order chi connectivity index (χ0) is 18.4. The predicted octanol–water partition coefficient (Wildman–Crippen LogP) is 2.70. The predicted molar refractivity (Wildman–Crippen MR) is 107 cm³/mol. The molecule has 0 unspecified atom stereocenters. The molecular formula is C20H26N4OS. The minimum absolute atomic E-state index is 0.0728. The Labute approximate surface area is 159 Å². The molecule has 6 heteroatoms. The Hall–Kier alpha value is -2.34. The van der Waals surface area contributed by atoms with Gasteiger partial charge in [0.1, 0.15) is 6.54 Å². The van der Waals surface area contributed by atoms with E-state index in [0.29, 0.717) is 12.5 Å². The number of nitrogens with zero attached hydrogens (tertiary/aromatic N) is 2.